The molecule has 0 N–H and O–H groups in total. The molecule has 3 aromatic heterocycles. The van der Waals surface area contributed by atoms with Gasteiger partial charge in [0.15, 0.2) is 11.1 Å². The van der Waals surface area contributed by atoms with Crippen molar-refractivity contribution in [2.75, 3.05) is 6.61 Å². The Kier molecular flexibility index (Phi) is 7.56. The Balaban J connectivity index is 1.79. The van der Waals surface area contributed by atoms with Crippen LogP contribution in [0.3, 0.4) is 0 Å². The number of benzene rings is 1. The van der Waals surface area contributed by atoms with Crippen molar-refractivity contribution in [2.45, 2.75) is 71.4 Å². The molecule has 9 heteroatoms. The van der Waals surface area contributed by atoms with Crippen LogP contribution in [-0.4, -0.2) is 38.0 Å². The maximum atomic E-state index is 13.7. The normalized spacial score (nSPS) is 14.9. The summed E-state index contributed by atoms with van der Waals surface area (Å²) in [4.78, 5) is 50.0. The minimum Gasteiger partial charge on any atom is -0.478 e. The van der Waals surface area contributed by atoms with Crippen molar-refractivity contribution in [2.24, 2.45) is 4.99 Å². The first-order valence-electron chi connectivity index (χ1n) is 13.8. The summed E-state index contributed by atoms with van der Waals surface area (Å²) in [6.45, 7) is 7.10. The first-order valence-corrected chi connectivity index (χ1v) is 13.8. The number of nitrogens with zero attached hydrogens (tertiary/aromatic N) is 4. The van der Waals surface area contributed by atoms with Crippen molar-refractivity contribution in [1.29, 1.82) is 0 Å². The summed E-state index contributed by atoms with van der Waals surface area (Å²) >= 11 is 0. The predicted octanol–water partition coefficient (Wildman–Crippen LogP) is 4.92. The van der Waals surface area contributed by atoms with Gasteiger partial charge in [0.1, 0.15) is 22.6 Å². The molecule has 1 aliphatic carbocycles. The van der Waals surface area contributed by atoms with E-state index in [0.29, 0.717) is 17.0 Å². The fourth-order valence-corrected chi connectivity index (χ4v) is 5.17. The zero-order chi connectivity index (χ0) is 28.4. The van der Waals surface area contributed by atoms with Crippen molar-refractivity contribution in [1.82, 2.24) is 14.0 Å². The molecule has 0 unspecified atom stereocenters. The number of hydrogen-bond acceptors (Lipinski definition) is 6. The molecule has 1 saturated carbocycles. The standard InChI is InChI=1S/C31H34N4O5/c1-5-39-29(37)24-19-23-26(32-25-13-9-10-18-34(25)28(23)36)35(21-11-7-6-8-12-21)27(24)33-30(38)31(3,4)40-22-16-14-20(2)15-17-22/h9-10,13-19,21H,5-8,11-12H2,1-4H3/b33-27+. The highest BCUT2D eigenvalue weighted by Crippen LogP contribution is 2.29. The van der Waals surface area contributed by atoms with Crippen molar-refractivity contribution in [3.8, 4) is 5.75 Å². The Morgan fingerprint density at radius 3 is 2.50 bits per heavy atom. The molecular formula is C31H34N4O5. The quantitative estimate of drug-likeness (QED) is 0.253. The second kappa shape index (κ2) is 11.1. The summed E-state index contributed by atoms with van der Waals surface area (Å²) in [6, 6.07) is 14.1. The van der Waals surface area contributed by atoms with Crippen LogP contribution in [0.5, 0.6) is 5.75 Å². The predicted molar refractivity (Wildman–Crippen MR) is 151 cm³/mol. The molecule has 3 heterocycles. The van der Waals surface area contributed by atoms with Gasteiger partial charge in [0.2, 0.25) is 0 Å². The monoisotopic (exact) mass is 542 g/mol. The van der Waals surface area contributed by atoms with Crippen molar-refractivity contribution >= 4 is 28.6 Å². The van der Waals surface area contributed by atoms with Gasteiger partial charge in [-0.05, 0) is 70.9 Å². The Labute approximate surface area is 232 Å². The van der Waals surface area contributed by atoms with Gasteiger partial charge in [0.05, 0.1) is 12.0 Å². The molecular weight excluding hydrogens is 508 g/mol. The molecule has 1 aromatic carbocycles. The van der Waals surface area contributed by atoms with Crippen LogP contribution in [0.2, 0.25) is 0 Å². The van der Waals surface area contributed by atoms with Gasteiger partial charge in [0, 0.05) is 12.2 Å². The second-order valence-electron chi connectivity index (χ2n) is 10.7. The summed E-state index contributed by atoms with van der Waals surface area (Å²) in [5.74, 6) is -0.694. The highest BCUT2D eigenvalue weighted by molar-refractivity contribution is 5.94. The minimum absolute atomic E-state index is 0.0502. The number of carbonyl (C=O) groups excluding carboxylic acids is 2. The van der Waals surface area contributed by atoms with E-state index in [1.165, 1.54) is 10.5 Å². The van der Waals surface area contributed by atoms with E-state index in [1.807, 2.05) is 29.7 Å². The van der Waals surface area contributed by atoms with Crippen molar-refractivity contribution in [3.63, 3.8) is 0 Å². The lowest BCUT2D eigenvalue weighted by Crippen LogP contribution is -2.41. The van der Waals surface area contributed by atoms with E-state index in [9.17, 15) is 14.4 Å². The number of pyridine rings is 2. The van der Waals surface area contributed by atoms with Crippen LogP contribution < -0.4 is 15.8 Å². The van der Waals surface area contributed by atoms with Crippen LogP contribution >= 0.6 is 0 Å². The number of aromatic nitrogens is 3. The largest absolute Gasteiger partial charge is 0.478 e. The second-order valence-corrected chi connectivity index (χ2v) is 10.7. The maximum Gasteiger partial charge on any atom is 0.341 e. The van der Waals surface area contributed by atoms with E-state index < -0.39 is 17.5 Å². The Morgan fingerprint density at radius 2 is 1.80 bits per heavy atom. The smallest absolute Gasteiger partial charge is 0.341 e. The first kappa shape index (κ1) is 27.3. The first-order chi connectivity index (χ1) is 19.2. The van der Waals surface area contributed by atoms with E-state index in [4.69, 9.17) is 14.5 Å². The number of carbonyl (C=O) groups is 2. The Bertz CT molecular complexity index is 1710. The van der Waals surface area contributed by atoms with Gasteiger partial charge >= 0.3 is 5.97 Å². The number of hydrogen-bond donors (Lipinski definition) is 0. The number of rotatable bonds is 6. The summed E-state index contributed by atoms with van der Waals surface area (Å²) < 4.78 is 14.7. The number of ether oxygens (including phenoxy) is 2. The van der Waals surface area contributed by atoms with Gasteiger partial charge in [-0.2, -0.15) is 4.99 Å². The van der Waals surface area contributed by atoms with Gasteiger partial charge in [-0.25, -0.2) is 9.78 Å². The molecule has 0 atom stereocenters. The Hall–Kier alpha value is -4.27. The Morgan fingerprint density at radius 1 is 1.07 bits per heavy atom. The fraction of sp³-hybridized carbons (Fsp3) is 0.387. The molecule has 4 aromatic rings. The molecule has 1 amide bonds. The van der Waals surface area contributed by atoms with Gasteiger partial charge < -0.3 is 14.0 Å². The highest BCUT2D eigenvalue weighted by atomic mass is 16.5. The average molecular weight is 543 g/mol. The van der Waals surface area contributed by atoms with Crippen LogP contribution in [0.25, 0.3) is 16.7 Å². The van der Waals surface area contributed by atoms with Gasteiger partial charge in [0.25, 0.3) is 11.5 Å². The summed E-state index contributed by atoms with van der Waals surface area (Å²) in [5, 5.41) is 0.263. The molecule has 0 saturated heterocycles. The van der Waals surface area contributed by atoms with Gasteiger partial charge in [-0.3, -0.25) is 14.0 Å². The van der Waals surface area contributed by atoms with Crippen molar-refractivity contribution < 1.29 is 19.1 Å². The zero-order valence-corrected chi connectivity index (χ0v) is 23.3. The summed E-state index contributed by atoms with van der Waals surface area (Å²) in [7, 11) is 0. The molecule has 0 bridgehead atoms. The molecule has 1 aliphatic rings. The molecule has 0 spiro atoms. The van der Waals surface area contributed by atoms with Crippen molar-refractivity contribution in [3.05, 3.63) is 81.7 Å². The zero-order valence-electron chi connectivity index (χ0n) is 23.3. The van der Waals surface area contributed by atoms with E-state index in [1.54, 1.807) is 51.2 Å². The highest BCUT2D eigenvalue weighted by Gasteiger charge is 2.32. The summed E-state index contributed by atoms with van der Waals surface area (Å²) in [6.07, 6.45) is 6.31. The molecule has 208 valence electrons. The van der Waals surface area contributed by atoms with E-state index >= 15 is 0 Å². The van der Waals surface area contributed by atoms with Crippen LogP contribution in [0.1, 0.15) is 74.8 Å². The van der Waals surface area contributed by atoms with Gasteiger partial charge in [-0.1, -0.05) is 43.0 Å². The minimum atomic E-state index is -1.34. The number of amides is 1. The molecule has 9 nitrogen and oxygen atoms in total. The third-order valence-corrected chi connectivity index (χ3v) is 7.29. The summed E-state index contributed by atoms with van der Waals surface area (Å²) in [5.41, 5.74) is 0.465. The average Bonchev–Trinajstić information content (AvgIpc) is 2.94. The lowest BCUT2D eigenvalue weighted by Gasteiger charge is -2.27. The molecule has 1 fully saturated rings. The third-order valence-electron chi connectivity index (χ3n) is 7.29. The topological polar surface area (TPSA) is 104 Å². The van der Waals surface area contributed by atoms with Crippen LogP contribution in [-0.2, 0) is 9.53 Å². The lowest BCUT2D eigenvalue weighted by molar-refractivity contribution is -0.130. The molecule has 5 rings (SSSR count). The number of esters is 1. The van der Waals surface area contributed by atoms with E-state index in [-0.39, 0.29) is 34.6 Å². The molecule has 0 radical (unpaired) electrons. The molecule has 40 heavy (non-hydrogen) atoms. The number of fused-ring (bicyclic) bond motifs is 2. The lowest BCUT2D eigenvalue weighted by atomic mass is 9.94. The van der Waals surface area contributed by atoms with Gasteiger partial charge in [-0.15, -0.1) is 0 Å². The number of aryl methyl sites for hydroxylation is 1. The van der Waals surface area contributed by atoms with Crippen LogP contribution in [0.4, 0.5) is 0 Å². The maximum absolute atomic E-state index is 13.7. The van der Waals surface area contributed by atoms with E-state index in [0.717, 1.165) is 37.7 Å². The SMILES string of the molecule is CCOC(=O)c1cc2c(=O)n3ccccc3nc2n(C2CCCCC2)/c1=N/C(=O)C(C)(C)Oc1ccc(C)cc1. The van der Waals surface area contributed by atoms with Crippen LogP contribution in [0, 0.1) is 6.92 Å². The van der Waals surface area contributed by atoms with E-state index in [2.05, 4.69) is 4.99 Å². The van der Waals surface area contributed by atoms with Crippen LogP contribution in [0.15, 0.2) is 64.5 Å². The third kappa shape index (κ3) is 5.28. The molecule has 0 aliphatic heterocycles. The fourth-order valence-electron chi connectivity index (χ4n) is 5.17.